The molecule has 0 aliphatic carbocycles. The first-order chi connectivity index (χ1) is 13.2. The minimum Gasteiger partial charge on any atom is -0.465 e. The van der Waals surface area contributed by atoms with Crippen molar-refractivity contribution in [3.05, 3.63) is 60.7 Å². The number of carbonyl (C=O) groups is 1. The van der Waals surface area contributed by atoms with Gasteiger partial charge in [-0.15, -0.1) is 0 Å². The van der Waals surface area contributed by atoms with Crippen LogP contribution in [0.15, 0.2) is 60.7 Å². The maximum atomic E-state index is 11.3. The minimum absolute atomic E-state index is 0.124. The summed E-state index contributed by atoms with van der Waals surface area (Å²) >= 11 is 0. The SMILES string of the molecule is CC(C)CC(CO[Si](c1ccccc1)(c1ccccc1)C(C)(C)C)NC(=O)O. The third-order valence-electron chi connectivity index (χ3n) is 5.00. The van der Waals surface area contributed by atoms with Gasteiger partial charge < -0.3 is 14.8 Å². The smallest absolute Gasteiger partial charge is 0.404 e. The number of benzene rings is 2. The predicted molar refractivity (Wildman–Crippen MR) is 118 cm³/mol. The molecule has 0 heterocycles. The zero-order valence-corrected chi connectivity index (χ0v) is 18.6. The summed E-state index contributed by atoms with van der Waals surface area (Å²) < 4.78 is 6.84. The van der Waals surface area contributed by atoms with Crippen LogP contribution in [0, 0.1) is 5.92 Å². The summed E-state index contributed by atoms with van der Waals surface area (Å²) in [5, 5.41) is 14.2. The van der Waals surface area contributed by atoms with Crippen molar-refractivity contribution in [1.29, 1.82) is 0 Å². The van der Waals surface area contributed by atoms with Gasteiger partial charge in [0.2, 0.25) is 0 Å². The van der Waals surface area contributed by atoms with E-state index < -0.39 is 14.4 Å². The monoisotopic (exact) mass is 399 g/mol. The van der Waals surface area contributed by atoms with E-state index in [9.17, 15) is 9.90 Å². The molecule has 0 aromatic heterocycles. The van der Waals surface area contributed by atoms with Crippen LogP contribution < -0.4 is 15.7 Å². The summed E-state index contributed by atoms with van der Waals surface area (Å²) in [5.41, 5.74) is 0. The molecule has 0 aliphatic rings. The van der Waals surface area contributed by atoms with Gasteiger partial charge in [-0.2, -0.15) is 0 Å². The average Bonchev–Trinajstić information content (AvgIpc) is 2.62. The van der Waals surface area contributed by atoms with Gasteiger partial charge in [0.25, 0.3) is 8.32 Å². The molecule has 0 radical (unpaired) electrons. The number of hydrogen-bond donors (Lipinski definition) is 2. The fraction of sp³-hybridized carbons (Fsp3) is 0.435. The van der Waals surface area contributed by atoms with Crippen LogP contribution in [0.5, 0.6) is 0 Å². The Morgan fingerprint density at radius 1 is 1.00 bits per heavy atom. The molecular weight excluding hydrogens is 366 g/mol. The lowest BCUT2D eigenvalue weighted by molar-refractivity contribution is 0.174. The van der Waals surface area contributed by atoms with E-state index in [0.717, 1.165) is 6.42 Å². The lowest BCUT2D eigenvalue weighted by Crippen LogP contribution is -2.67. The van der Waals surface area contributed by atoms with Crippen molar-refractivity contribution in [2.24, 2.45) is 5.92 Å². The van der Waals surface area contributed by atoms with Crippen LogP contribution in [0.4, 0.5) is 4.79 Å². The van der Waals surface area contributed by atoms with Crippen molar-refractivity contribution < 1.29 is 14.3 Å². The van der Waals surface area contributed by atoms with Crippen molar-refractivity contribution in [3.8, 4) is 0 Å². The van der Waals surface area contributed by atoms with E-state index in [4.69, 9.17) is 4.43 Å². The van der Waals surface area contributed by atoms with Gasteiger partial charge in [-0.3, -0.25) is 0 Å². The summed E-state index contributed by atoms with van der Waals surface area (Å²) in [6.07, 6.45) is -0.262. The van der Waals surface area contributed by atoms with Gasteiger partial charge in [-0.25, -0.2) is 4.79 Å². The lowest BCUT2D eigenvalue weighted by atomic mass is 10.0. The standard InChI is InChI=1S/C23H33NO3Si/c1-18(2)16-19(24-22(25)26)17-27-28(23(3,4)5,20-12-8-6-9-13-20)21-14-10-7-11-15-21/h6-15,18-19,24H,16-17H2,1-5H3,(H,25,26). The Balaban J connectivity index is 2.50. The van der Waals surface area contributed by atoms with Gasteiger partial charge in [0.1, 0.15) is 0 Å². The topological polar surface area (TPSA) is 58.6 Å². The maximum absolute atomic E-state index is 11.3. The number of amides is 1. The average molecular weight is 400 g/mol. The first-order valence-corrected chi connectivity index (χ1v) is 11.8. The second kappa shape index (κ2) is 9.39. The summed E-state index contributed by atoms with van der Waals surface area (Å²) in [5.74, 6) is 0.375. The molecule has 1 atom stereocenters. The van der Waals surface area contributed by atoms with E-state index in [0.29, 0.717) is 12.5 Å². The second-order valence-electron chi connectivity index (χ2n) is 8.75. The third kappa shape index (κ3) is 5.24. The largest absolute Gasteiger partial charge is 0.465 e. The molecule has 2 aromatic rings. The molecule has 4 nitrogen and oxygen atoms in total. The molecule has 0 fully saturated rings. The summed E-state index contributed by atoms with van der Waals surface area (Å²) in [7, 11) is -2.65. The van der Waals surface area contributed by atoms with E-state index in [2.05, 4.69) is 88.5 Å². The van der Waals surface area contributed by atoms with Gasteiger partial charge in [0.05, 0.1) is 12.6 Å². The molecule has 28 heavy (non-hydrogen) atoms. The Morgan fingerprint density at radius 2 is 1.46 bits per heavy atom. The van der Waals surface area contributed by atoms with Crippen molar-refractivity contribution in [2.45, 2.75) is 52.1 Å². The predicted octanol–water partition coefficient (Wildman–Crippen LogP) is 4.25. The van der Waals surface area contributed by atoms with Crippen LogP contribution in [0.3, 0.4) is 0 Å². The molecule has 1 amide bonds. The van der Waals surface area contributed by atoms with Crippen LogP contribution in [0.25, 0.3) is 0 Å². The molecule has 0 bridgehead atoms. The van der Waals surface area contributed by atoms with Crippen LogP contribution >= 0.6 is 0 Å². The first-order valence-electron chi connectivity index (χ1n) is 9.91. The fourth-order valence-corrected chi connectivity index (χ4v) is 8.51. The molecule has 0 aliphatic heterocycles. The maximum Gasteiger partial charge on any atom is 0.404 e. The normalized spacial score (nSPS) is 13.4. The number of hydrogen-bond acceptors (Lipinski definition) is 2. The van der Waals surface area contributed by atoms with Gasteiger partial charge in [0, 0.05) is 0 Å². The van der Waals surface area contributed by atoms with Crippen molar-refractivity contribution in [2.75, 3.05) is 6.61 Å². The highest BCUT2D eigenvalue weighted by atomic mass is 28.4. The Morgan fingerprint density at radius 3 is 1.82 bits per heavy atom. The van der Waals surface area contributed by atoms with Gasteiger partial charge in [0.15, 0.2) is 0 Å². The van der Waals surface area contributed by atoms with E-state index in [-0.39, 0.29) is 11.1 Å². The van der Waals surface area contributed by atoms with Crippen molar-refractivity contribution >= 4 is 24.8 Å². The molecular formula is C23H33NO3Si. The highest BCUT2D eigenvalue weighted by Gasteiger charge is 2.50. The van der Waals surface area contributed by atoms with Gasteiger partial charge in [-0.05, 0) is 27.8 Å². The molecule has 2 N–H and O–H groups in total. The van der Waals surface area contributed by atoms with Crippen molar-refractivity contribution in [3.63, 3.8) is 0 Å². The van der Waals surface area contributed by atoms with Crippen LogP contribution in [-0.2, 0) is 4.43 Å². The third-order valence-corrected chi connectivity index (χ3v) is 10.0. The van der Waals surface area contributed by atoms with E-state index in [1.165, 1.54) is 10.4 Å². The molecule has 0 spiro atoms. The molecule has 0 saturated heterocycles. The summed E-state index contributed by atoms with van der Waals surface area (Å²) in [6, 6.07) is 20.6. The molecule has 2 aromatic carbocycles. The van der Waals surface area contributed by atoms with Crippen molar-refractivity contribution in [1.82, 2.24) is 5.32 Å². The zero-order chi connectivity index (χ0) is 20.8. The van der Waals surface area contributed by atoms with Gasteiger partial charge >= 0.3 is 6.09 Å². The lowest BCUT2D eigenvalue weighted by Gasteiger charge is -2.43. The minimum atomic E-state index is -2.65. The van der Waals surface area contributed by atoms with E-state index in [1.807, 2.05) is 12.1 Å². The molecule has 2 rings (SSSR count). The quantitative estimate of drug-likeness (QED) is 0.653. The second-order valence-corrected chi connectivity index (χ2v) is 13.1. The number of carboxylic acid groups (broad SMARTS) is 1. The molecule has 1 unspecified atom stereocenters. The van der Waals surface area contributed by atoms with Gasteiger partial charge in [-0.1, -0.05) is 95.3 Å². The Kier molecular flexibility index (Phi) is 7.44. The van der Waals surface area contributed by atoms with Crippen LogP contribution in [0.1, 0.15) is 41.0 Å². The fourth-order valence-electron chi connectivity index (χ4n) is 3.90. The summed E-state index contributed by atoms with van der Waals surface area (Å²) in [4.78, 5) is 11.3. The van der Waals surface area contributed by atoms with Crippen LogP contribution in [-0.4, -0.2) is 32.2 Å². The first kappa shape index (κ1) is 22.2. The molecule has 0 saturated carbocycles. The summed E-state index contributed by atoms with van der Waals surface area (Å²) in [6.45, 7) is 11.2. The van der Waals surface area contributed by atoms with Crippen LogP contribution in [0.2, 0.25) is 5.04 Å². The molecule has 152 valence electrons. The molecule has 5 heteroatoms. The number of nitrogens with one attached hydrogen (secondary N) is 1. The number of rotatable bonds is 8. The van der Waals surface area contributed by atoms with E-state index in [1.54, 1.807) is 0 Å². The highest BCUT2D eigenvalue weighted by molar-refractivity contribution is 6.99. The zero-order valence-electron chi connectivity index (χ0n) is 17.6. The Hall–Kier alpha value is -2.11. The highest BCUT2D eigenvalue weighted by Crippen LogP contribution is 2.36. The van der Waals surface area contributed by atoms with E-state index >= 15 is 0 Å². The Labute approximate surface area is 170 Å². The Bertz CT molecular complexity index is 702.